The van der Waals surface area contributed by atoms with E-state index in [1.165, 1.54) is 51.5 Å². The lowest BCUT2D eigenvalue weighted by Crippen LogP contribution is -2.44. The number of rotatable bonds is 2. The number of ether oxygens (including phenoxy) is 1. The standard InChI is InChI=1S/C10H8N4.C10H19NO.2C2H6/c11-4-3-7-1-2-9-8(5-7)10(12)14-6-13-9;1-2-4-10(5-3-1)11-6-8-12-9-7-11;2*1-2/h1-2,5-6H,3H2,(H2,12,13,14);10H,1-9H2;2*1-2H3. The monoisotopic (exact) mass is 413 g/mol. The average Bonchev–Trinajstić information content (AvgIpc) is 2.84. The third kappa shape index (κ3) is 8.25. The predicted molar refractivity (Wildman–Crippen MR) is 125 cm³/mol. The van der Waals surface area contributed by atoms with E-state index in [-0.39, 0.29) is 0 Å². The molecule has 2 N–H and O–H groups in total. The summed E-state index contributed by atoms with van der Waals surface area (Å²) in [4.78, 5) is 10.6. The molecular weight excluding hydrogens is 374 g/mol. The number of nitriles is 1. The van der Waals surface area contributed by atoms with Crippen molar-refractivity contribution in [1.29, 1.82) is 5.26 Å². The van der Waals surface area contributed by atoms with E-state index in [1.54, 1.807) is 0 Å². The highest BCUT2D eigenvalue weighted by atomic mass is 16.5. The van der Waals surface area contributed by atoms with Crippen LogP contribution in [0, 0.1) is 11.3 Å². The second kappa shape index (κ2) is 15.6. The van der Waals surface area contributed by atoms with Gasteiger partial charge in [0.15, 0.2) is 0 Å². The Balaban J connectivity index is 0.000000260. The van der Waals surface area contributed by atoms with Gasteiger partial charge in [-0.05, 0) is 30.5 Å². The molecule has 166 valence electrons. The molecule has 0 unspecified atom stereocenters. The Hall–Kier alpha value is -2.23. The molecule has 0 spiro atoms. The maximum Gasteiger partial charge on any atom is 0.134 e. The van der Waals surface area contributed by atoms with Gasteiger partial charge in [0.2, 0.25) is 0 Å². The minimum Gasteiger partial charge on any atom is -0.383 e. The molecule has 30 heavy (non-hydrogen) atoms. The highest BCUT2D eigenvalue weighted by Crippen LogP contribution is 2.23. The Labute approximate surface area is 182 Å². The zero-order valence-electron chi connectivity index (χ0n) is 19.2. The number of nitrogens with two attached hydrogens (primary N) is 1. The molecule has 1 aliphatic carbocycles. The normalized spacial score (nSPS) is 16.6. The highest BCUT2D eigenvalue weighted by Gasteiger charge is 2.22. The first-order valence-corrected chi connectivity index (χ1v) is 11.5. The van der Waals surface area contributed by atoms with Crippen LogP contribution in [0.3, 0.4) is 0 Å². The first-order chi connectivity index (χ1) is 14.8. The molecular formula is C24H39N5O. The fourth-order valence-corrected chi connectivity index (χ4v) is 3.71. The Morgan fingerprint density at radius 2 is 1.73 bits per heavy atom. The summed E-state index contributed by atoms with van der Waals surface area (Å²) < 4.78 is 5.35. The summed E-state index contributed by atoms with van der Waals surface area (Å²) in [5.41, 5.74) is 7.42. The maximum atomic E-state index is 8.55. The van der Waals surface area contributed by atoms with E-state index in [9.17, 15) is 0 Å². The van der Waals surface area contributed by atoms with Gasteiger partial charge in [0.05, 0.1) is 31.2 Å². The van der Waals surface area contributed by atoms with Gasteiger partial charge in [0.25, 0.3) is 0 Å². The van der Waals surface area contributed by atoms with Gasteiger partial charge in [-0.2, -0.15) is 5.26 Å². The zero-order chi connectivity index (χ0) is 22.2. The fourth-order valence-electron chi connectivity index (χ4n) is 3.71. The number of nitrogen functional groups attached to an aromatic ring is 1. The summed E-state index contributed by atoms with van der Waals surface area (Å²) in [5.74, 6) is 0.454. The molecule has 0 radical (unpaired) electrons. The lowest BCUT2D eigenvalue weighted by atomic mass is 9.94. The molecule has 4 rings (SSSR count). The summed E-state index contributed by atoms with van der Waals surface area (Å²) in [7, 11) is 0. The third-order valence-corrected chi connectivity index (χ3v) is 5.15. The van der Waals surface area contributed by atoms with E-state index in [2.05, 4.69) is 20.9 Å². The van der Waals surface area contributed by atoms with Gasteiger partial charge < -0.3 is 10.5 Å². The Morgan fingerprint density at radius 1 is 1.07 bits per heavy atom. The van der Waals surface area contributed by atoms with Crippen molar-refractivity contribution in [2.45, 2.75) is 72.3 Å². The molecule has 0 atom stereocenters. The molecule has 2 aliphatic rings. The molecule has 1 aromatic carbocycles. The van der Waals surface area contributed by atoms with Gasteiger partial charge in [0.1, 0.15) is 12.1 Å². The van der Waals surface area contributed by atoms with Gasteiger partial charge in [-0.25, -0.2) is 9.97 Å². The first kappa shape index (κ1) is 25.8. The number of fused-ring (bicyclic) bond motifs is 1. The highest BCUT2D eigenvalue weighted by molar-refractivity contribution is 5.88. The number of anilines is 1. The van der Waals surface area contributed by atoms with E-state index in [1.807, 2.05) is 45.9 Å². The third-order valence-electron chi connectivity index (χ3n) is 5.15. The van der Waals surface area contributed by atoms with Gasteiger partial charge in [-0.1, -0.05) is 53.0 Å². The number of hydrogen-bond donors (Lipinski definition) is 1. The van der Waals surface area contributed by atoms with Crippen molar-refractivity contribution in [2.75, 3.05) is 32.0 Å². The first-order valence-electron chi connectivity index (χ1n) is 11.5. The Kier molecular flexibility index (Phi) is 13.4. The molecule has 6 nitrogen and oxygen atoms in total. The smallest absolute Gasteiger partial charge is 0.134 e. The largest absolute Gasteiger partial charge is 0.383 e. The van der Waals surface area contributed by atoms with Crippen LogP contribution >= 0.6 is 0 Å². The van der Waals surface area contributed by atoms with Crippen molar-refractivity contribution in [3.05, 3.63) is 30.1 Å². The van der Waals surface area contributed by atoms with E-state index < -0.39 is 0 Å². The van der Waals surface area contributed by atoms with Crippen molar-refractivity contribution in [1.82, 2.24) is 14.9 Å². The van der Waals surface area contributed by atoms with Crippen molar-refractivity contribution >= 4 is 16.7 Å². The number of benzene rings is 1. The van der Waals surface area contributed by atoms with Crippen molar-refractivity contribution in [2.24, 2.45) is 0 Å². The second-order valence-corrected chi connectivity index (χ2v) is 6.89. The molecule has 2 fully saturated rings. The number of hydrogen-bond acceptors (Lipinski definition) is 6. The van der Waals surface area contributed by atoms with Crippen molar-refractivity contribution < 1.29 is 4.74 Å². The molecule has 2 aromatic rings. The Bertz CT molecular complexity index is 731. The zero-order valence-corrected chi connectivity index (χ0v) is 19.2. The van der Waals surface area contributed by atoms with Crippen LogP contribution in [0.2, 0.25) is 0 Å². The SMILES string of the molecule is C1CCC(N2CCOCC2)CC1.CC.CC.N#CCc1ccc2ncnc(N)c2c1. The number of aromatic nitrogens is 2. The molecule has 1 saturated heterocycles. The predicted octanol–water partition coefficient (Wildman–Crippen LogP) is 4.98. The number of nitrogens with zero attached hydrogens (tertiary/aromatic N) is 4. The minimum atomic E-state index is 0.379. The Morgan fingerprint density at radius 3 is 2.37 bits per heavy atom. The molecule has 1 saturated carbocycles. The molecule has 2 heterocycles. The maximum absolute atomic E-state index is 8.55. The molecule has 6 heteroatoms. The lowest BCUT2D eigenvalue weighted by molar-refractivity contribution is 0.00858. The average molecular weight is 414 g/mol. The van der Waals surface area contributed by atoms with Gasteiger partial charge in [-0.15, -0.1) is 0 Å². The number of morpholine rings is 1. The van der Waals surface area contributed by atoms with Crippen LogP contribution < -0.4 is 5.73 Å². The van der Waals surface area contributed by atoms with Crippen molar-refractivity contribution in [3.8, 4) is 6.07 Å². The topological polar surface area (TPSA) is 88.1 Å². The van der Waals surface area contributed by atoms with E-state index in [4.69, 9.17) is 15.7 Å². The van der Waals surface area contributed by atoms with E-state index in [0.29, 0.717) is 12.2 Å². The summed E-state index contributed by atoms with van der Waals surface area (Å²) in [5, 5.41) is 9.35. The summed E-state index contributed by atoms with van der Waals surface area (Å²) in [6.45, 7) is 12.3. The van der Waals surface area contributed by atoms with E-state index >= 15 is 0 Å². The summed E-state index contributed by atoms with van der Waals surface area (Å²) >= 11 is 0. The molecule has 0 amide bonds. The van der Waals surface area contributed by atoms with Gasteiger partial charge >= 0.3 is 0 Å². The molecule has 1 aromatic heterocycles. The summed E-state index contributed by atoms with van der Waals surface area (Å²) in [6, 6.07) is 8.55. The summed E-state index contributed by atoms with van der Waals surface area (Å²) in [6.07, 6.45) is 9.02. The van der Waals surface area contributed by atoms with E-state index in [0.717, 1.165) is 35.7 Å². The lowest BCUT2D eigenvalue weighted by Gasteiger charge is -2.36. The van der Waals surface area contributed by atoms with Crippen LogP contribution in [0.5, 0.6) is 0 Å². The van der Waals surface area contributed by atoms with Crippen LogP contribution in [0.4, 0.5) is 5.82 Å². The van der Waals surface area contributed by atoms with Crippen LogP contribution in [0.1, 0.15) is 65.4 Å². The van der Waals surface area contributed by atoms with Crippen LogP contribution in [-0.4, -0.2) is 47.2 Å². The van der Waals surface area contributed by atoms with Crippen LogP contribution in [-0.2, 0) is 11.2 Å². The fraction of sp³-hybridized carbons (Fsp3) is 0.625. The van der Waals surface area contributed by atoms with Crippen LogP contribution in [0.25, 0.3) is 10.9 Å². The van der Waals surface area contributed by atoms with Crippen molar-refractivity contribution in [3.63, 3.8) is 0 Å². The second-order valence-electron chi connectivity index (χ2n) is 6.89. The van der Waals surface area contributed by atoms with Gasteiger partial charge in [-0.3, -0.25) is 4.90 Å². The minimum absolute atomic E-state index is 0.379. The quantitative estimate of drug-likeness (QED) is 0.747. The molecule has 0 bridgehead atoms. The molecule has 1 aliphatic heterocycles. The van der Waals surface area contributed by atoms with Gasteiger partial charge in [0, 0.05) is 24.5 Å². The van der Waals surface area contributed by atoms with Crippen LogP contribution in [0.15, 0.2) is 24.5 Å².